The van der Waals surface area contributed by atoms with Crippen LogP contribution in [-0.4, -0.2) is 43.3 Å². The van der Waals surface area contributed by atoms with Crippen molar-refractivity contribution in [3.8, 4) is 17.1 Å². The van der Waals surface area contributed by atoms with Gasteiger partial charge in [0.2, 0.25) is 5.91 Å². The van der Waals surface area contributed by atoms with Crippen molar-refractivity contribution in [2.75, 3.05) is 18.2 Å². The van der Waals surface area contributed by atoms with Crippen molar-refractivity contribution in [2.24, 2.45) is 7.05 Å². The third kappa shape index (κ3) is 4.42. The Hall–Kier alpha value is -3.07. The Labute approximate surface area is 167 Å². The molecule has 0 atom stereocenters. The number of benzene rings is 1. The van der Waals surface area contributed by atoms with Crippen molar-refractivity contribution in [1.29, 1.82) is 0 Å². The highest BCUT2D eigenvalue weighted by Gasteiger charge is 2.15. The number of rotatable bonds is 8. The number of anilines is 1. The zero-order chi connectivity index (χ0) is 20.1. The molecule has 0 bridgehead atoms. The number of methoxy groups -OCH3 is 1. The highest BCUT2D eigenvalue weighted by Crippen LogP contribution is 2.25. The Balaban J connectivity index is 1.72. The number of hydrogen-bond acceptors (Lipinski definition) is 6. The van der Waals surface area contributed by atoms with Crippen molar-refractivity contribution < 1.29 is 9.53 Å². The van der Waals surface area contributed by atoms with Gasteiger partial charge in [-0.1, -0.05) is 17.8 Å². The first-order chi connectivity index (χ1) is 13.5. The molecule has 0 spiro atoms. The summed E-state index contributed by atoms with van der Waals surface area (Å²) in [6, 6.07) is 9.42. The lowest BCUT2D eigenvalue weighted by atomic mass is 10.2. The first kappa shape index (κ1) is 19.7. The van der Waals surface area contributed by atoms with Gasteiger partial charge in [-0.15, -0.1) is 16.8 Å². The number of carbonyl (C=O) groups excluding carboxylic acids is 1. The van der Waals surface area contributed by atoms with Crippen LogP contribution in [-0.2, 0) is 18.4 Å². The number of nitrogens with zero attached hydrogens (tertiary/aromatic N) is 5. The molecule has 0 saturated carbocycles. The Morgan fingerprint density at radius 2 is 2.07 bits per heavy atom. The molecular formula is C19H22N6O2S. The van der Waals surface area contributed by atoms with Crippen LogP contribution in [0.3, 0.4) is 0 Å². The molecule has 1 N–H and O–H groups in total. The number of hydrogen-bond donors (Lipinski definition) is 1. The molecule has 2 aromatic heterocycles. The van der Waals surface area contributed by atoms with E-state index in [1.165, 1.54) is 11.8 Å². The van der Waals surface area contributed by atoms with Gasteiger partial charge < -0.3 is 10.1 Å². The van der Waals surface area contributed by atoms with E-state index in [2.05, 4.69) is 27.2 Å². The van der Waals surface area contributed by atoms with E-state index < -0.39 is 0 Å². The lowest BCUT2D eigenvalue weighted by Crippen LogP contribution is -2.16. The predicted molar refractivity (Wildman–Crippen MR) is 110 cm³/mol. The topological polar surface area (TPSA) is 86.9 Å². The number of ether oxygens (including phenoxy) is 1. The van der Waals surface area contributed by atoms with E-state index in [9.17, 15) is 4.79 Å². The Bertz CT molecular complexity index is 977. The van der Waals surface area contributed by atoms with Crippen molar-refractivity contribution in [3.05, 3.63) is 48.7 Å². The predicted octanol–water partition coefficient (Wildman–Crippen LogP) is 2.91. The smallest absolute Gasteiger partial charge is 0.235 e. The minimum Gasteiger partial charge on any atom is -0.497 e. The SMILES string of the molecule is C=CCn1c(SCC(=O)Nc2cc(C)nn2C)nnc1-c1ccc(OC)cc1. The number of carbonyl (C=O) groups is 1. The van der Waals surface area contributed by atoms with Crippen molar-refractivity contribution >= 4 is 23.5 Å². The van der Waals surface area contributed by atoms with Crippen LogP contribution in [0.2, 0.25) is 0 Å². The lowest BCUT2D eigenvalue weighted by Gasteiger charge is -2.08. The van der Waals surface area contributed by atoms with Crippen LogP contribution in [0, 0.1) is 6.92 Å². The Morgan fingerprint density at radius 1 is 1.32 bits per heavy atom. The summed E-state index contributed by atoms with van der Waals surface area (Å²) < 4.78 is 8.77. The first-order valence-electron chi connectivity index (χ1n) is 8.63. The van der Waals surface area contributed by atoms with Gasteiger partial charge in [-0.25, -0.2) is 0 Å². The monoisotopic (exact) mass is 398 g/mol. The van der Waals surface area contributed by atoms with E-state index in [1.807, 2.05) is 41.8 Å². The molecule has 0 aliphatic rings. The van der Waals surface area contributed by atoms with Gasteiger partial charge in [-0.3, -0.25) is 14.0 Å². The molecule has 1 amide bonds. The van der Waals surface area contributed by atoms with E-state index >= 15 is 0 Å². The third-order valence-electron chi connectivity index (χ3n) is 3.98. The number of aryl methyl sites for hydroxylation is 2. The molecule has 9 heteroatoms. The van der Waals surface area contributed by atoms with Crippen LogP contribution < -0.4 is 10.1 Å². The summed E-state index contributed by atoms with van der Waals surface area (Å²) in [5.41, 5.74) is 1.76. The molecule has 3 aromatic rings. The summed E-state index contributed by atoms with van der Waals surface area (Å²) in [5, 5.41) is 16.3. The summed E-state index contributed by atoms with van der Waals surface area (Å²) >= 11 is 1.33. The normalized spacial score (nSPS) is 10.7. The fraction of sp³-hybridized carbons (Fsp3) is 0.263. The summed E-state index contributed by atoms with van der Waals surface area (Å²) in [6.45, 7) is 6.23. The molecule has 2 heterocycles. The molecule has 8 nitrogen and oxygen atoms in total. The molecule has 3 rings (SSSR count). The average Bonchev–Trinajstić information content (AvgIpc) is 3.23. The summed E-state index contributed by atoms with van der Waals surface area (Å²) in [5.74, 6) is 2.23. The second-order valence-electron chi connectivity index (χ2n) is 6.07. The maximum absolute atomic E-state index is 12.3. The lowest BCUT2D eigenvalue weighted by molar-refractivity contribution is -0.113. The number of aromatic nitrogens is 5. The van der Waals surface area contributed by atoms with Gasteiger partial charge in [0.05, 0.1) is 18.6 Å². The largest absolute Gasteiger partial charge is 0.497 e. The number of allylic oxidation sites excluding steroid dienone is 1. The molecular weight excluding hydrogens is 376 g/mol. The van der Waals surface area contributed by atoms with Crippen molar-refractivity contribution in [1.82, 2.24) is 24.5 Å². The zero-order valence-electron chi connectivity index (χ0n) is 16.0. The number of amides is 1. The first-order valence-corrected chi connectivity index (χ1v) is 9.62. The summed E-state index contributed by atoms with van der Waals surface area (Å²) in [6.07, 6.45) is 1.78. The van der Waals surface area contributed by atoms with E-state index in [4.69, 9.17) is 4.74 Å². The van der Waals surface area contributed by atoms with E-state index in [0.717, 1.165) is 17.0 Å². The quantitative estimate of drug-likeness (QED) is 0.464. The fourth-order valence-corrected chi connectivity index (χ4v) is 3.43. The zero-order valence-corrected chi connectivity index (χ0v) is 16.9. The van der Waals surface area contributed by atoms with E-state index in [0.29, 0.717) is 23.3 Å². The van der Waals surface area contributed by atoms with E-state index in [1.54, 1.807) is 24.9 Å². The molecule has 28 heavy (non-hydrogen) atoms. The summed E-state index contributed by atoms with van der Waals surface area (Å²) in [7, 11) is 3.42. The van der Waals surface area contributed by atoms with Crippen molar-refractivity contribution in [2.45, 2.75) is 18.6 Å². The second kappa shape index (κ2) is 8.75. The van der Waals surface area contributed by atoms with Crippen LogP contribution in [0.15, 0.2) is 48.1 Å². The maximum atomic E-state index is 12.3. The third-order valence-corrected chi connectivity index (χ3v) is 4.95. The van der Waals surface area contributed by atoms with Gasteiger partial charge in [0.25, 0.3) is 0 Å². The molecule has 0 aliphatic carbocycles. The van der Waals surface area contributed by atoms with Crippen LogP contribution >= 0.6 is 11.8 Å². The van der Waals surface area contributed by atoms with Crippen LogP contribution in [0.4, 0.5) is 5.82 Å². The van der Waals surface area contributed by atoms with Crippen LogP contribution in [0.5, 0.6) is 5.75 Å². The maximum Gasteiger partial charge on any atom is 0.235 e. The molecule has 0 unspecified atom stereocenters. The summed E-state index contributed by atoms with van der Waals surface area (Å²) in [4.78, 5) is 12.3. The van der Waals surface area contributed by atoms with Crippen LogP contribution in [0.1, 0.15) is 5.69 Å². The molecule has 0 aliphatic heterocycles. The second-order valence-corrected chi connectivity index (χ2v) is 7.01. The van der Waals surface area contributed by atoms with E-state index in [-0.39, 0.29) is 11.7 Å². The molecule has 1 aromatic carbocycles. The van der Waals surface area contributed by atoms with Crippen LogP contribution in [0.25, 0.3) is 11.4 Å². The molecule has 0 fully saturated rings. The molecule has 0 radical (unpaired) electrons. The number of thioether (sulfide) groups is 1. The van der Waals surface area contributed by atoms with Gasteiger partial charge in [-0.2, -0.15) is 5.10 Å². The fourth-order valence-electron chi connectivity index (χ4n) is 2.68. The minimum atomic E-state index is -0.132. The standard InChI is InChI=1S/C19H22N6O2S/c1-5-10-25-18(14-6-8-15(27-4)9-7-14)21-22-19(25)28-12-17(26)20-16-11-13(2)23-24(16)3/h5-9,11H,1,10,12H2,2-4H3,(H,20,26). The van der Waals surface area contributed by atoms with Gasteiger partial charge in [0.1, 0.15) is 11.6 Å². The minimum absolute atomic E-state index is 0.132. The van der Waals surface area contributed by atoms with Gasteiger partial charge in [-0.05, 0) is 31.2 Å². The Kier molecular flexibility index (Phi) is 6.15. The van der Waals surface area contributed by atoms with Crippen molar-refractivity contribution in [3.63, 3.8) is 0 Å². The van der Waals surface area contributed by atoms with Gasteiger partial charge in [0, 0.05) is 25.2 Å². The molecule has 0 saturated heterocycles. The van der Waals surface area contributed by atoms with Gasteiger partial charge >= 0.3 is 0 Å². The highest BCUT2D eigenvalue weighted by atomic mass is 32.2. The number of nitrogens with one attached hydrogen (secondary N) is 1. The van der Waals surface area contributed by atoms with Gasteiger partial charge in [0.15, 0.2) is 11.0 Å². The molecule has 146 valence electrons. The highest BCUT2D eigenvalue weighted by molar-refractivity contribution is 7.99. The Morgan fingerprint density at radius 3 is 2.68 bits per heavy atom. The average molecular weight is 398 g/mol.